The SMILES string of the molecule is COc1cccc(C(=O)NCC(=O)OCC(=O)c2cccc(C(F)(F)F)c2)c1. The van der Waals surface area contributed by atoms with Crippen molar-refractivity contribution in [3.63, 3.8) is 0 Å². The Morgan fingerprint density at radius 1 is 1.00 bits per heavy atom. The van der Waals surface area contributed by atoms with Crippen LogP contribution in [-0.2, 0) is 15.7 Å². The van der Waals surface area contributed by atoms with Crippen LogP contribution in [-0.4, -0.2) is 37.9 Å². The predicted octanol–water partition coefficient (Wildman–Crippen LogP) is 2.87. The van der Waals surface area contributed by atoms with Crippen LogP contribution in [0.25, 0.3) is 0 Å². The standard InChI is InChI=1S/C19H16F3NO5/c1-27-15-7-3-5-13(9-15)18(26)23-10-17(25)28-11-16(24)12-4-2-6-14(8-12)19(20,21)22/h2-9H,10-11H2,1H3,(H,23,26). The van der Waals surface area contributed by atoms with Crippen LogP contribution in [0, 0.1) is 0 Å². The molecule has 0 saturated carbocycles. The van der Waals surface area contributed by atoms with Crippen molar-refractivity contribution in [2.24, 2.45) is 0 Å². The molecular formula is C19H16F3NO5. The summed E-state index contributed by atoms with van der Waals surface area (Å²) in [5.41, 5.74) is -0.953. The van der Waals surface area contributed by atoms with Gasteiger partial charge in [-0.25, -0.2) is 0 Å². The summed E-state index contributed by atoms with van der Waals surface area (Å²) in [4.78, 5) is 35.5. The Bertz CT molecular complexity index is 880. The van der Waals surface area contributed by atoms with E-state index in [1.54, 1.807) is 12.1 Å². The van der Waals surface area contributed by atoms with Crippen molar-refractivity contribution in [1.29, 1.82) is 0 Å². The molecule has 0 fully saturated rings. The van der Waals surface area contributed by atoms with E-state index in [9.17, 15) is 27.6 Å². The second-order valence-electron chi connectivity index (χ2n) is 5.58. The zero-order chi connectivity index (χ0) is 20.7. The molecule has 2 rings (SSSR count). The topological polar surface area (TPSA) is 81.7 Å². The minimum Gasteiger partial charge on any atom is -0.497 e. The van der Waals surface area contributed by atoms with Gasteiger partial charge in [0.2, 0.25) is 0 Å². The molecule has 0 unspecified atom stereocenters. The number of amides is 1. The van der Waals surface area contributed by atoms with Gasteiger partial charge in [0.15, 0.2) is 12.4 Å². The number of benzene rings is 2. The summed E-state index contributed by atoms with van der Waals surface area (Å²) in [6.45, 7) is -1.25. The molecule has 0 aromatic heterocycles. The number of hydrogen-bond acceptors (Lipinski definition) is 5. The van der Waals surface area contributed by atoms with Crippen molar-refractivity contribution >= 4 is 17.7 Å². The molecule has 2 aromatic rings. The molecule has 6 nitrogen and oxygen atoms in total. The lowest BCUT2D eigenvalue weighted by Crippen LogP contribution is -2.31. The molecule has 0 spiro atoms. The monoisotopic (exact) mass is 395 g/mol. The first-order valence-corrected chi connectivity index (χ1v) is 7.99. The van der Waals surface area contributed by atoms with Crippen molar-refractivity contribution < 1.29 is 37.0 Å². The van der Waals surface area contributed by atoms with Gasteiger partial charge in [-0.1, -0.05) is 18.2 Å². The predicted molar refractivity (Wildman–Crippen MR) is 92.1 cm³/mol. The van der Waals surface area contributed by atoms with Gasteiger partial charge < -0.3 is 14.8 Å². The molecule has 9 heteroatoms. The Hall–Kier alpha value is -3.36. The van der Waals surface area contributed by atoms with Crippen molar-refractivity contribution in [3.8, 4) is 5.75 Å². The third-order valence-electron chi connectivity index (χ3n) is 3.60. The summed E-state index contributed by atoms with van der Waals surface area (Å²) in [5.74, 6) is -1.79. The Labute approximate surface area is 158 Å². The number of methoxy groups -OCH3 is 1. The van der Waals surface area contributed by atoms with Crippen molar-refractivity contribution in [2.45, 2.75) is 6.18 Å². The van der Waals surface area contributed by atoms with E-state index in [4.69, 9.17) is 9.47 Å². The summed E-state index contributed by atoms with van der Waals surface area (Å²) in [5, 5.41) is 2.31. The van der Waals surface area contributed by atoms with Gasteiger partial charge >= 0.3 is 12.1 Å². The number of rotatable bonds is 7. The Balaban J connectivity index is 1.85. The fourth-order valence-corrected chi connectivity index (χ4v) is 2.17. The maximum absolute atomic E-state index is 12.7. The number of alkyl halides is 3. The maximum atomic E-state index is 12.7. The van der Waals surface area contributed by atoms with Crippen molar-refractivity contribution in [1.82, 2.24) is 5.32 Å². The highest BCUT2D eigenvalue weighted by molar-refractivity contribution is 5.99. The van der Waals surface area contributed by atoms with Crippen LogP contribution < -0.4 is 10.1 Å². The van der Waals surface area contributed by atoms with E-state index in [1.807, 2.05) is 0 Å². The Morgan fingerprint density at radius 2 is 1.68 bits per heavy atom. The highest BCUT2D eigenvalue weighted by atomic mass is 19.4. The zero-order valence-electron chi connectivity index (χ0n) is 14.7. The average Bonchev–Trinajstić information content (AvgIpc) is 2.69. The summed E-state index contributed by atoms with van der Waals surface area (Å²) < 4.78 is 47.7. The van der Waals surface area contributed by atoms with Gasteiger partial charge in [0.1, 0.15) is 12.3 Å². The van der Waals surface area contributed by atoms with Crippen molar-refractivity contribution in [3.05, 3.63) is 65.2 Å². The van der Waals surface area contributed by atoms with E-state index in [1.165, 1.54) is 25.3 Å². The molecule has 2 aromatic carbocycles. The van der Waals surface area contributed by atoms with Gasteiger partial charge in [-0.15, -0.1) is 0 Å². The second-order valence-corrected chi connectivity index (χ2v) is 5.58. The van der Waals surface area contributed by atoms with Crippen molar-refractivity contribution in [2.75, 3.05) is 20.3 Å². The molecule has 0 saturated heterocycles. The van der Waals surface area contributed by atoms with Gasteiger partial charge in [0, 0.05) is 11.1 Å². The smallest absolute Gasteiger partial charge is 0.416 e. The van der Waals surface area contributed by atoms with Gasteiger partial charge in [-0.05, 0) is 30.3 Å². The third-order valence-corrected chi connectivity index (χ3v) is 3.60. The Morgan fingerprint density at radius 3 is 2.36 bits per heavy atom. The maximum Gasteiger partial charge on any atom is 0.416 e. The van der Waals surface area contributed by atoms with E-state index in [0.717, 1.165) is 12.1 Å². The number of ether oxygens (including phenoxy) is 2. The van der Waals surface area contributed by atoms with Crippen LogP contribution in [0.15, 0.2) is 48.5 Å². The van der Waals surface area contributed by atoms with Crippen LogP contribution in [0.3, 0.4) is 0 Å². The molecule has 1 N–H and O–H groups in total. The summed E-state index contributed by atoms with van der Waals surface area (Å²) in [6.07, 6.45) is -4.59. The van der Waals surface area contributed by atoms with Crippen LogP contribution in [0.4, 0.5) is 13.2 Å². The molecule has 0 aliphatic carbocycles. The van der Waals surface area contributed by atoms with Crippen LogP contribution >= 0.6 is 0 Å². The molecule has 148 valence electrons. The first-order valence-electron chi connectivity index (χ1n) is 7.99. The number of nitrogens with one attached hydrogen (secondary N) is 1. The van der Waals surface area contributed by atoms with E-state index >= 15 is 0 Å². The Kier molecular flexibility index (Phi) is 6.75. The van der Waals surface area contributed by atoms with Gasteiger partial charge in [-0.2, -0.15) is 13.2 Å². The summed E-state index contributed by atoms with van der Waals surface area (Å²) in [7, 11) is 1.44. The highest BCUT2D eigenvalue weighted by Crippen LogP contribution is 2.29. The highest BCUT2D eigenvalue weighted by Gasteiger charge is 2.30. The number of ketones is 1. The van der Waals surface area contributed by atoms with Gasteiger partial charge in [-0.3, -0.25) is 14.4 Å². The first kappa shape index (κ1) is 20.9. The number of Topliss-reactive ketones (excluding diaryl/α,β-unsaturated/α-hetero) is 1. The molecule has 1 amide bonds. The number of esters is 1. The molecule has 0 radical (unpaired) electrons. The van der Waals surface area contributed by atoms with E-state index in [2.05, 4.69) is 5.32 Å². The largest absolute Gasteiger partial charge is 0.497 e. The molecule has 0 atom stereocenters. The lowest BCUT2D eigenvalue weighted by Gasteiger charge is -2.09. The van der Waals surface area contributed by atoms with Crippen LogP contribution in [0.2, 0.25) is 0 Å². The second kappa shape index (κ2) is 9.03. The van der Waals surface area contributed by atoms with Gasteiger partial charge in [0.05, 0.1) is 12.7 Å². The molecule has 0 aliphatic heterocycles. The molecule has 28 heavy (non-hydrogen) atoms. The molecule has 0 bridgehead atoms. The van der Waals surface area contributed by atoms with E-state index in [-0.39, 0.29) is 11.1 Å². The summed E-state index contributed by atoms with van der Waals surface area (Å²) in [6, 6.07) is 10.0. The lowest BCUT2D eigenvalue weighted by molar-refractivity contribution is -0.141. The van der Waals surface area contributed by atoms with E-state index < -0.39 is 42.6 Å². The third kappa shape index (κ3) is 5.83. The molecule has 0 aliphatic rings. The number of carbonyl (C=O) groups is 3. The minimum absolute atomic E-state index is 0.233. The van der Waals surface area contributed by atoms with Crippen LogP contribution in [0.1, 0.15) is 26.3 Å². The lowest BCUT2D eigenvalue weighted by atomic mass is 10.1. The first-order chi connectivity index (χ1) is 13.2. The summed E-state index contributed by atoms with van der Waals surface area (Å²) >= 11 is 0. The molecular weight excluding hydrogens is 379 g/mol. The van der Waals surface area contributed by atoms with E-state index in [0.29, 0.717) is 11.8 Å². The average molecular weight is 395 g/mol. The molecule has 0 heterocycles. The normalized spacial score (nSPS) is 10.9. The van der Waals surface area contributed by atoms with Crippen LogP contribution in [0.5, 0.6) is 5.75 Å². The fourth-order valence-electron chi connectivity index (χ4n) is 2.17. The number of hydrogen-bond donors (Lipinski definition) is 1. The number of halogens is 3. The fraction of sp³-hybridized carbons (Fsp3) is 0.211. The minimum atomic E-state index is -4.59. The quantitative estimate of drug-likeness (QED) is 0.576. The zero-order valence-corrected chi connectivity index (χ0v) is 14.7. The number of carbonyl (C=O) groups excluding carboxylic acids is 3. The van der Waals surface area contributed by atoms with Gasteiger partial charge in [0.25, 0.3) is 5.91 Å².